The quantitative estimate of drug-likeness (QED) is 0.562. The number of aliphatic hydroxyl groups is 1. The van der Waals surface area contributed by atoms with Gasteiger partial charge in [-0.1, -0.05) is 19.4 Å². The van der Waals surface area contributed by atoms with Crippen LogP contribution in [0.3, 0.4) is 0 Å². The molecular formula is C22H28N6O2. The Morgan fingerprint density at radius 2 is 2.17 bits per heavy atom. The predicted molar refractivity (Wildman–Crippen MR) is 116 cm³/mol. The second-order valence-corrected chi connectivity index (χ2v) is 8.87. The molecule has 0 atom stereocenters. The highest BCUT2D eigenvalue weighted by Crippen LogP contribution is 2.38. The summed E-state index contributed by atoms with van der Waals surface area (Å²) in [6.45, 7) is 4.82. The number of rotatable bonds is 7. The Labute approximate surface area is 175 Å². The van der Waals surface area contributed by atoms with Crippen molar-refractivity contribution in [2.24, 2.45) is 5.41 Å². The summed E-state index contributed by atoms with van der Waals surface area (Å²) in [5.74, 6) is 1.63. The standard InChI is InChI=1S/C22H28N6O2/c1-14-15(9-20(30)25-14)8-16-11-24-28-19(26-17-4-5-17)10-18(27-21(16)28)23-12-22(13-29)6-2-3-7-22/h8,10-11,17,26,29H,1-7,9,12-13H2,(H,23,27)(H,25,30)/b15-8+. The lowest BCUT2D eigenvalue weighted by atomic mass is 9.87. The van der Waals surface area contributed by atoms with Gasteiger partial charge in [0, 0.05) is 35.3 Å². The van der Waals surface area contributed by atoms with Gasteiger partial charge in [-0.2, -0.15) is 9.61 Å². The Kier molecular flexibility index (Phi) is 4.73. The Hall–Kier alpha value is -2.87. The average Bonchev–Trinajstić information content (AvgIpc) is 3.12. The Balaban J connectivity index is 1.48. The SMILES string of the molecule is C=C1NC(=O)C/C1=C\c1cnn2c(NC3CC3)cc(NCC3(CO)CCCC3)nc12. The number of nitrogens with zero attached hydrogens (tertiary/aromatic N) is 3. The number of carbonyl (C=O) groups is 1. The summed E-state index contributed by atoms with van der Waals surface area (Å²) in [4.78, 5) is 16.5. The lowest BCUT2D eigenvalue weighted by Gasteiger charge is -2.27. The number of hydrogen-bond donors (Lipinski definition) is 4. The summed E-state index contributed by atoms with van der Waals surface area (Å²) in [5, 5.41) is 24.2. The van der Waals surface area contributed by atoms with Crippen LogP contribution >= 0.6 is 0 Å². The molecule has 30 heavy (non-hydrogen) atoms. The Bertz CT molecular complexity index is 1030. The number of aliphatic hydroxyl groups excluding tert-OH is 1. The molecule has 2 saturated carbocycles. The maximum absolute atomic E-state index is 11.7. The molecule has 1 saturated heterocycles. The van der Waals surface area contributed by atoms with Crippen LogP contribution in [0.25, 0.3) is 11.7 Å². The van der Waals surface area contributed by atoms with Crippen molar-refractivity contribution in [1.82, 2.24) is 19.9 Å². The van der Waals surface area contributed by atoms with Crippen LogP contribution in [0.5, 0.6) is 0 Å². The lowest BCUT2D eigenvalue weighted by Crippen LogP contribution is -2.30. The van der Waals surface area contributed by atoms with Crippen LogP contribution in [0.4, 0.5) is 11.6 Å². The van der Waals surface area contributed by atoms with Crippen molar-refractivity contribution >= 4 is 29.3 Å². The van der Waals surface area contributed by atoms with Crippen LogP contribution < -0.4 is 16.0 Å². The maximum atomic E-state index is 11.7. The van der Waals surface area contributed by atoms with E-state index in [0.717, 1.165) is 54.1 Å². The summed E-state index contributed by atoms with van der Waals surface area (Å²) in [6.07, 6.45) is 10.8. The lowest BCUT2D eigenvalue weighted by molar-refractivity contribution is -0.118. The third-order valence-electron chi connectivity index (χ3n) is 6.43. The van der Waals surface area contributed by atoms with Crippen molar-refractivity contribution in [2.45, 2.75) is 51.0 Å². The molecule has 0 radical (unpaired) electrons. The van der Waals surface area contributed by atoms with Gasteiger partial charge in [-0.25, -0.2) is 4.98 Å². The summed E-state index contributed by atoms with van der Waals surface area (Å²) in [6, 6.07) is 2.47. The molecule has 4 N–H and O–H groups in total. The number of anilines is 2. The zero-order valence-electron chi connectivity index (χ0n) is 17.1. The van der Waals surface area contributed by atoms with Crippen molar-refractivity contribution in [3.8, 4) is 0 Å². The molecule has 8 heteroatoms. The van der Waals surface area contributed by atoms with E-state index in [-0.39, 0.29) is 17.9 Å². The molecule has 1 aliphatic heterocycles. The van der Waals surface area contributed by atoms with E-state index in [1.54, 1.807) is 6.20 Å². The van der Waals surface area contributed by atoms with E-state index >= 15 is 0 Å². The predicted octanol–water partition coefficient (Wildman–Crippen LogP) is 2.69. The first-order chi connectivity index (χ1) is 14.5. The Morgan fingerprint density at radius 1 is 1.37 bits per heavy atom. The first kappa shape index (κ1) is 19.1. The van der Waals surface area contributed by atoms with Crippen LogP contribution in [0.2, 0.25) is 0 Å². The van der Waals surface area contributed by atoms with Gasteiger partial charge < -0.3 is 21.1 Å². The molecular weight excluding hydrogens is 380 g/mol. The van der Waals surface area contributed by atoms with E-state index in [2.05, 4.69) is 27.6 Å². The second kappa shape index (κ2) is 7.43. The largest absolute Gasteiger partial charge is 0.396 e. The van der Waals surface area contributed by atoms with Crippen LogP contribution in [0.15, 0.2) is 30.1 Å². The van der Waals surface area contributed by atoms with Crippen molar-refractivity contribution in [3.05, 3.63) is 35.7 Å². The zero-order chi connectivity index (χ0) is 20.7. The number of allylic oxidation sites excluding steroid dienone is 1. The first-order valence-corrected chi connectivity index (χ1v) is 10.7. The van der Waals surface area contributed by atoms with Crippen LogP contribution in [-0.4, -0.2) is 44.8 Å². The van der Waals surface area contributed by atoms with Gasteiger partial charge in [0.2, 0.25) is 5.91 Å². The molecule has 3 fully saturated rings. The fraction of sp³-hybridized carbons (Fsp3) is 0.500. The molecule has 2 aromatic heterocycles. The van der Waals surface area contributed by atoms with Crippen molar-refractivity contribution in [3.63, 3.8) is 0 Å². The number of carbonyl (C=O) groups excluding carboxylic acids is 1. The molecule has 8 nitrogen and oxygen atoms in total. The molecule has 0 bridgehead atoms. The van der Waals surface area contributed by atoms with Gasteiger partial charge in [0.15, 0.2) is 5.65 Å². The topological polar surface area (TPSA) is 104 Å². The molecule has 3 aliphatic rings. The van der Waals surface area contributed by atoms with Crippen LogP contribution in [0.1, 0.15) is 50.5 Å². The minimum Gasteiger partial charge on any atom is -0.396 e. The highest BCUT2D eigenvalue weighted by Gasteiger charge is 2.33. The monoisotopic (exact) mass is 408 g/mol. The van der Waals surface area contributed by atoms with E-state index in [1.165, 1.54) is 12.8 Å². The summed E-state index contributed by atoms with van der Waals surface area (Å²) >= 11 is 0. The molecule has 2 aliphatic carbocycles. The van der Waals surface area contributed by atoms with Gasteiger partial charge in [-0.05, 0) is 37.3 Å². The molecule has 1 amide bonds. The molecule has 0 spiro atoms. The van der Waals surface area contributed by atoms with Gasteiger partial charge in [-0.3, -0.25) is 4.79 Å². The molecule has 2 aromatic rings. The van der Waals surface area contributed by atoms with E-state index in [1.807, 2.05) is 16.7 Å². The molecule has 5 rings (SSSR count). The van der Waals surface area contributed by atoms with Gasteiger partial charge in [-0.15, -0.1) is 0 Å². The van der Waals surface area contributed by atoms with Gasteiger partial charge in [0.25, 0.3) is 0 Å². The third-order valence-corrected chi connectivity index (χ3v) is 6.43. The first-order valence-electron chi connectivity index (χ1n) is 10.7. The number of amides is 1. The summed E-state index contributed by atoms with van der Waals surface area (Å²) < 4.78 is 1.82. The van der Waals surface area contributed by atoms with Crippen molar-refractivity contribution < 1.29 is 9.90 Å². The maximum Gasteiger partial charge on any atom is 0.228 e. The van der Waals surface area contributed by atoms with E-state index in [9.17, 15) is 9.90 Å². The number of nitrogens with one attached hydrogen (secondary N) is 3. The third kappa shape index (κ3) is 3.67. The van der Waals surface area contributed by atoms with E-state index in [0.29, 0.717) is 24.7 Å². The van der Waals surface area contributed by atoms with E-state index < -0.39 is 0 Å². The minimum atomic E-state index is -0.0590. The van der Waals surface area contributed by atoms with Crippen LogP contribution in [0, 0.1) is 5.41 Å². The highest BCUT2D eigenvalue weighted by atomic mass is 16.3. The number of aromatic nitrogens is 3. The van der Waals surface area contributed by atoms with Crippen molar-refractivity contribution in [1.29, 1.82) is 0 Å². The zero-order valence-corrected chi connectivity index (χ0v) is 17.1. The van der Waals surface area contributed by atoms with Crippen LogP contribution in [-0.2, 0) is 4.79 Å². The second-order valence-electron chi connectivity index (χ2n) is 8.87. The summed E-state index contributed by atoms with van der Waals surface area (Å²) in [5.41, 5.74) is 3.01. The number of fused-ring (bicyclic) bond motifs is 1. The molecule has 0 aromatic carbocycles. The summed E-state index contributed by atoms with van der Waals surface area (Å²) in [7, 11) is 0. The normalized spacial score (nSPS) is 22.1. The minimum absolute atomic E-state index is 0.0417. The average molecular weight is 409 g/mol. The molecule has 3 heterocycles. The van der Waals surface area contributed by atoms with E-state index in [4.69, 9.17) is 4.98 Å². The fourth-order valence-corrected chi connectivity index (χ4v) is 4.40. The smallest absolute Gasteiger partial charge is 0.228 e. The van der Waals surface area contributed by atoms with Gasteiger partial charge in [0.05, 0.1) is 19.2 Å². The fourth-order valence-electron chi connectivity index (χ4n) is 4.40. The van der Waals surface area contributed by atoms with Gasteiger partial charge in [0.1, 0.15) is 11.6 Å². The molecule has 0 unspecified atom stereocenters. The molecule has 158 valence electrons. The highest BCUT2D eigenvalue weighted by molar-refractivity contribution is 5.89. The Morgan fingerprint density at radius 3 is 2.83 bits per heavy atom. The van der Waals surface area contributed by atoms with Gasteiger partial charge >= 0.3 is 0 Å². The van der Waals surface area contributed by atoms with Crippen molar-refractivity contribution in [2.75, 3.05) is 23.8 Å². The number of hydrogen-bond acceptors (Lipinski definition) is 6.